The Kier molecular flexibility index (Phi) is 7.50. The van der Waals surface area contributed by atoms with Crippen LogP contribution in [0.3, 0.4) is 0 Å². The molecule has 1 aromatic heterocycles. The Morgan fingerprint density at radius 2 is 1.77 bits per heavy atom. The van der Waals surface area contributed by atoms with E-state index in [1.807, 2.05) is 73.3 Å². The van der Waals surface area contributed by atoms with E-state index in [0.717, 1.165) is 29.9 Å². The number of nitrogen functional groups attached to an aromatic ring is 1. The van der Waals surface area contributed by atoms with Gasteiger partial charge in [0.15, 0.2) is 5.82 Å². The zero-order valence-corrected chi connectivity index (χ0v) is 18.2. The average Bonchev–Trinajstić information content (AvgIpc) is 2.75. The number of hydrogen-bond donors (Lipinski definition) is 3. The maximum absolute atomic E-state index is 12.7. The Balaban J connectivity index is 1.75. The van der Waals surface area contributed by atoms with Crippen molar-refractivity contribution in [2.24, 2.45) is 0 Å². The maximum Gasteiger partial charge on any atom is 0.238 e. The highest BCUT2D eigenvalue weighted by Crippen LogP contribution is 2.21. The van der Waals surface area contributed by atoms with Crippen LogP contribution in [0.15, 0.2) is 54.6 Å². The van der Waals surface area contributed by atoms with Gasteiger partial charge in [0.1, 0.15) is 0 Å². The number of rotatable bonds is 9. The predicted molar refractivity (Wildman–Crippen MR) is 124 cm³/mol. The minimum Gasteiger partial charge on any atom is -0.368 e. The monoisotopic (exact) mass is 419 g/mol. The van der Waals surface area contributed by atoms with E-state index in [2.05, 4.69) is 32.5 Å². The van der Waals surface area contributed by atoms with Crippen LogP contribution in [0.25, 0.3) is 0 Å². The summed E-state index contributed by atoms with van der Waals surface area (Å²) in [4.78, 5) is 27.8. The molecule has 3 rings (SSSR count). The fraction of sp³-hybridized carbons (Fsp3) is 0.304. The molecule has 1 unspecified atom stereocenters. The first kappa shape index (κ1) is 22.2. The summed E-state index contributed by atoms with van der Waals surface area (Å²) in [6.45, 7) is 6.95. The fourth-order valence-electron chi connectivity index (χ4n) is 3.25. The number of carbonyl (C=O) groups excluding carboxylic acids is 1. The molecule has 31 heavy (non-hydrogen) atoms. The standard InChI is InChI=1S/C23H29N7O/c1-4-14-30(15-20(31)26-19-13-9-8-10-16(19)2)17(3)21-27-22(24)29-23(28-21)25-18-11-6-5-7-12-18/h5-13,17H,4,14-15H2,1-3H3,(H,26,31)(H3,24,25,27,28,29). The topological polar surface area (TPSA) is 109 Å². The van der Waals surface area contributed by atoms with Crippen LogP contribution in [-0.2, 0) is 4.79 Å². The van der Waals surface area contributed by atoms with Crippen molar-refractivity contribution < 1.29 is 4.79 Å². The van der Waals surface area contributed by atoms with E-state index in [9.17, 15) is 4.79 Å². The van der Waals surface area contributed by atoms with E-state index in [4.69, 9.17) is 5.73 Å². The number of amides is 1. The van der Waals surface area contributed by atoms with Crippen LogP contribution in [0.2, 0.25) is 0 Å². The molecule has 1 atom stereocenters. The van der Waals surface area contributed by atoms with Crippen LogP contribution < -0.4 is 16.4 Å². The number of nitrogens with two attached hydrogens (primary N) is 1. The molecule has 0 radical (unpaired) electrons. The van der Waals surface area contributed by atoms with Crippen molar-refractivity contribution in [2.75, 3.05) is 29.5 Å². The number of anilines is 4. The van der Waals surface area contributed by atoms with Crippen LogP contribution in [0.1, 0.15) is 37.7 Å². The molecule has 2 aromatic carbocycles. The van der Waals surface area contributed by atoms with Crippen molar-refractivity contribution in [3.05, 3.63) is 66.0 Å². The van der Waals surface area contributed by atoms with Crippen molar-refractivity contribution in [2.45, 2.75) is 33.2 Å². The molecule has 0 aliphatic rings. The third-order valence-electron chi connectivity index (χ3n) is 4.90. The van der Waals surface area contributed by atoms with Gasteiger partial charge >= 0.3 is 0 Å². The van der Waals surface area contributed by atoms with E-state index in [1.165, 1.54) is 0 Å². The molecule has 1 heterocycles. The predicted octanol–water partition coefficient (Wildman–Crippen LogP) is 3.92. The van der Waals surface area contributed by atoms with Gasteiger partial charge in [-0.3, -0.25) is 9.69 Å². The van der Waals surface area contributed by atoms with E-state index >= 15 is 0 Å². The number of nitrogens with one attached hydrogen (secondary N) is 2. The van der Waals surface area contributed by atoms with Gasteiger partial charge in [0.25, 0.3) is 0 Å². The highest BCUT2D eigenvalue weighted by Gasteiger charge is 2.22. The van der Waals surface area contributed by atoms with Gasteiger partial charge in [-0.05, 0) is 50.6 Å². The minimum absolute atomic E-state index is 0.0840. The zero-order valence-electron chi connectivity index (χ0n) is 18.2. The van der Waals surface area contributed by atoms with Gasteiger partial charge in [-0.25, -0.2) is 0 Å². The van der Waals surface area contributed by atoms with Crippen molar-refractivity contribution in [1.82, 2.24) is 19.9 Å². The quantitative estimate of drug-likeness (QED) is 0.482. The van der Waals surface area contributed by atoms with Crippen LogP contribution in [0, 0.1) is 6.92 Å². The van der Waals surface area contributed by atoms with Crippen molar-refractivity contribution in [3.63, 3.8) is 0 Å². The van der Waals surface area contributed by atoms with Gasteiger partial charge < -0.3 is 16.4 Å². The molecule has 3 aromatic rings. The Labute approximate surface area is 182 Å². The van der Waals surface area contributed by atoms with Gasteiger partial charge in [-0.15, -0.1) is 0 Å². The Morgan fingerprint density at radius 1 is 1.06 bits per heavy atom. The van der Waals surface area contributed by atoms with E-state index < -0.39 is 0 Å². The molecule has 0 bridgehead atoms. The van der Waals surface area contributed by atoms with Crippen LogP contribution in [-0.4, -0.2) is 38.8 Å². The molecule has 0 aliphatic heterocycles. The summed E-state index contributed by atoms with van der Waals surface area (Å²) in [6, 6.07) is 17.1. The van der Waals surface area contributed by atoms with Gasteiger partial charge in [0.2, 0.25) is 17.8 Å². The Bertz CT molecular complexity index is 1010. The summed E-state index contributed by atoms with van der Waals surface area (Å²) in [5, 5.41) is 6.14. The second kappa shape index (κ2) is 10.5. The first-order chi connectivity index (χ1) is 15.0. The summed E-state index contributed by atoms with van der Waals surface area (Å²) < 4.78 is 0. The van der Waals surface area contributed by atoms with Crippen molar-refractivity contribution in [3.8, 4) is 0 Å². The molecule has 8 heteroatoms. The Hall–Kier alpha value is -3.52. The highest BCUT2D eigenvalue weighted by molar-refractivity contribution is 5.92. The third-order valence-corrected chi connectivity index (χ3v) is 4.90. The maximum atomic E-state index is 12.7. The van der Waals surface area contributed by atoms with E-state index in [1.54, 1.807) is 0 Å². The molecule has 1 amide bonds. The van der Waals surface area contributed by atoms with Crippen molar-refractivity contribution in [1.29, 1.82) is 0 Å². The molecule has 4 N–H and O–H groups in total. The average molecular weight is 420 g/mol. The number of nitrogens with zero attached hydrogens (tertiary/aromatic N) is 4. The number of hydrogen-bond acceptors (Lipinski definition) is 7. The molecule has 0 spiro atoms. The molecule has 8 nitrogen and oxygen atoms in total. The number of aromatic nitrogens is 3. The number of carbonyl (C=O) groups is 1. The fourth-order valence-corrected chi connectivity index (χ4v) is 3.25. The summed E-state index contributed by atoms with van der Waals surface area (Å²) in [7, 11) is 0. The van der Waals surface area contributed by atoms with Gasteiger partial charge in [0.05, 0.1) is 12.6 Å². The SMILES string of the molecule is CCCN(CC(=O)Nc1ccccc1C)C(C)c1nc(N)nc(Nc2ccccc2)n1. The smallest absolute Gasteiger partial charge is 0.238 e. The Morgan fingerprint density at radius 3 is 2.48 bits per heavy atom. The lowest BCUT2D eigenvalue weighted by atomic mass is 10.2. The summed E-state index contributed by atoms with van der Waals surface area (Å²) in [5.41, 5.74) is 8.64. The van der Waals surface area contributed by atoms with Crippen molar-refractivity contribution >= 4 is 29.2 Å². The van der Waals surface area contributed by atoms with Gasteiger partial charge in [-0.1, -0.05) is 43.3 Å². The summed E-state index contributed by atoms with van der Waals surface area (Å²) in [5.74, 6) is 0.944. The van der Waals surface area contributed by atoms with E-state index in [-0.39, 0.29) is 24.4 Å². The lowest BCUT2D eigenvalue weighted by molar-refractivity contribution is -0.117. The molecule has 0 fully saturated rings. The summed E-state index contributed by atoms with van der Waals surface area (Å²) >= 11 is 0. The third kappa shape index (κ3) is 6.23. The number of benzene rings is 2. The second-order valence-corrected chi connectivity index (χ2v) is 7.38. The molecular formula is C23H29N7O. The second-order valence-electron chi connectivity index (χ2n) is 7.38. The lowest BCUT2D eigenvalue weighted by Crippen LogP contribution is -2.36. The van der Waals surface area contributed by atoms with Gasteiger partial charge in [-0.2, -0.15) is 15.0 Å². The molecule has 162 valence electrons. The lowest BCUT2D eigenvalue weighted by Gasteiger charge is -2.27. The molecular weight excluding hydrogens is 390 g/mol. The van der Waals surface area contributed by atoms with Crippen LogP contribution in [0.4, 0.5) is 23.3 Å². The number of para-hydroxylation sites is 2. The van der Waals surface area contributed by atoms with Crippen LogP contribution >= 0.6 is 0 Å². The number of aryl methyl sites for hydroxylation is 1. The van der Waals surface area contributed by atoms with Crippen LogP contribution in [0.5, 0.6) is 0 Å². The molecule has 0 saturated carbocycles. The highest BCUT2D eigenvalue weighted by atomic mass is 16.2. The first-order valence-electron chi connectivity index (χ1n) is 10.4. The van der Waals surface area contributed by atoms with Gasteiger partial charge in [0, 0.05) is 11.4 Å². The summed E-state index contributed by atoms with van der Waals surface area (Å²) in [6.07, 6.45) is 0.887. The molecule has 0 aliphatic carbocycles. The zero-order chi connectivity index (χ0) is 22.2. The minimum atomic E-state index is -0.218. The largest absolute Gasteiger partial charge is 0.368 e. The normalized spacial score (nSPS) is 11.9. The molecule has 0 saturated heterocycles. The van der Waals surface area contributed by atoms with E-state index in [0.29, 0.717) is 11.8 Å². The first-order valence-corrected chi connectivity index (χ1v) is 10.4.